The molecule has 0 spiro atoms. The van der Waals surface area contributed by atoms with E-state index in [0.29, 0.717) is 0 Å². The summed E-state index contributed by atoms with van der Waals surface area (Å²) in [7, 11) is 0. The van der Waals surface area contributed by atoms with E-state index in [1.54, 1.807) is 0 Å². The fourth-order valence-corrected chi connectivity index (χ4v) is 1.38. The first kappa shape index (κ1) is 22.5. The van der Waals surface area contributed by atoms with Gasteiger partial charge in [0.1, 0.15) is 0 Å². The summed E-state index contributed by atoms with van der Waals surface area (Å²) in [5.74, 6) is -3.12. The van der Waals surface area contributed by atoms with Crippen LogP contribution in [0.15, 0.2) is 35.5 Å². The van der Waals surface area contributed by atoms with Gasteiger partial charge < -0.3 is 29.5 Å². The molecule has 0 aromatic heterocycles. The van der Waals surface area contributed by atoms with Crippen LogP contribution in [0.5, 0.6) is 0 Å². The number of ether oxygens (including phenoxy) is 3. The first-order chi connectivity index (χ1) is 11.7. The maximum absolute atomic E-state index is 12.2. The molecule has 0 amide bonds. The highest BCUT2D eigenvalue weighted by atomic mass is 16.9. The van der Waals surface area contributed by atoms with Crippen LogP contribution in [0.25, 0.3) is 0 Å². The maximum atomic E-state index is 12.2. The van der Waals surface area contributed by atoms with Gasteiger partial charge in [0.15, 0.2) is 0 Å². The van der Waals surface area contributed by atoms with Gasteiger partial charge in [-0.15, -0.1) is 0 Å². The van der Waals surface area contributed by atoms with Gasteiger partial charge in [0, 0.05) is 29.7 Å². The van der Waals surface area contributed by atoms with Crippen molar-refractivity contribution in [1.29, 1.82) is 0 Å². The van der Waals surface area contributed by atoms with Gasteiger partial charge in [0.2, 0.25) is 0 Å². The minimum Gasteiger partial charge on any atom is -0.396 e. The van der Waals surface area contributed by atoms with Crippen LogP contribution in [0.1, 0.15) is 20.3 Å². The van der Waals surface area contributed by atoms with Crippen LogP contribution in [-0.2, 0) is 28.6 Å². The van der Waals surface area contributed by atoms with E-state index in [1.807, 2.05) is 0 Å². The molecule has 0 atom stereocenters. The van der Waals surface area contributed by atoms with Crippen LogP contribution >= 0.6 is 0 Å². The molecule has 0 bridgehead atoms. The summed E-state index contributed by atoms with van der Waals surface area (Å²) in [6.45, 7) is 5.50. The van der Waals surface area contributed by atoms with Crippen LogP contribution in [0.4, 0.5) is 0 Å². The summed E-state index contributed by atoms with van der Waals surface area (Å²) in [6.07, 6.45) is -0.245. The van der Waals surface area contributed by atoms with E-state index in [0.717, 1.165) is 0 Å². The Labute approximate surface area is 144 Å². The molecule has 0 saturated heterocycles. The third kappa shape index (κ3) is 7.75. The van der Waals surface area contributed by atoms with Gasteiger partial charge in [-0.25, -0.2) is 14.4 Å². The zero-order valence-corrected chi connectivity index (χ0v) is 14.1. The van der Waals surface area contributed by atoms with Gasteiger partial charge in [0.25, 0.3) is 0 Å². The van der Waals surface area contributed by atoms with Crippen LogP contribution in [0.3, 0.4) is 0 Å². The van der Waals surface area contributed by atoms with Crippen LogP contribution in [0.2, 0.25) is 0 Å². The molecule has 9 nitrogen and oxygen atoms in total. The largest absolute Gasteiger partial charge is 0.413 e. The Morgan fingerprint density at radius 2 is 1.24 bits per heavy atom. The Hall–Kier alpha value is -2.49. The van der Waals surface area contributed by atoms with Crippen LogP contribution in [-0.4, -0.2) is 59.5 Å². The van der Waals surface area contributed by atoms with Crippen molar-refractivity contribution in [2.24, 2.45) is 0 Å². The fourth-order valence-electron chi connectivity index (χ4n) is 1.38. The van der Waals surface area contributed by atoms with E-state index in [4.69, 9.17) is 29.5 Å². The molecule has 3 N–H and O–H groups in total. The molecule has 0 aliphatic carbocycles. The highest BCUT2D eigenvalue weighted by Gasteiger charge is 2.27. The molecule has 0 aromatic carbocycles. The van der Waals surface area contributed by atoms with E-state index in [2.05, 4.69) is 13.2 Å². The normalized spacial score (nSPS) is 10.0. The number of esters is 3. The highest BCUT2D eigenvalue weighted by Crippen LogP contribution is 2.14. The second-order valence-corrected chi connectivity index (χ2v) is 4.94. The minimum atomic E-state index is -2.03. The summed E-state index contributed by atoms with van der Waals surface area (Å²) in [6, 6.07) is 0. The summed E-state index contributed by atoms with van der Waals surface area (Å²) >= 11 is 0. The third-order valence-electron chi connectivity index (χ3n) is 2.72. The molecule has 0 aliphatic heterocycles. The maximum Gasteiger partial charge on any atom is 0.413 e. The van der Waals surface area contributed by atoms with Gasteiger partial charge in [-0.1, -0.05) is 13.2 Å². The first-order valence-electron chi connectivity index (χ1n) is 7.15. The highest BCUT2D eigenvalue weighted by molar-refractivity contribution is 5.91. The lowest BCUT2D eigenvalue weighted by Crippen LogP contribution is -2.31. The predicted octanol–water partition coefficient (Wildman–Crippen LogP) is -0.285. The molecule has 9 heteroatoms. The lowest BCUT2D eigenvalue weighted by molar-refractivity contribution is -0.252. The second-order valence-electron chi connectivity index (χ2n) is 4.94. The molecule has 25 heavy (non-hydrogen) atoms. The van der Waals surface area contributed by atoms with Gasteiger partial charge >= 0.3 is 24.4 Å². The van der Waals surface area contributed by atoms with Crippen molar-refractivity contribution in [1.82, 2.24) is 0 Å². The molecule has 140 valence electrons. The molecule has 0 fully saturated rings. The summed E-state index contributed by atoms with van der Waals surface area (Å²) < 4.78 is 14.2. The fraction of sp³-hybridized carbons (Fsp3) is 0.438. The topological polar surface area (TPSA) is 140 Å². The minimum absolute atomic E-state index is 0.0371. The average molecular weight is 358 g/mol. The summed E-state index contributed by atoms with van der Waals surface area (Å²) in [5, 5.41) is 27.3. The van der Waals surface area contributed by atoms with Crippen molar-refractivity contribution in [3.63, 3.8) is 0 Å². The quantitative estimate of drug-likeness (QED) is 0.273. The second kappa shape index (κ2) is 11.1. The zero-order valence-electron chi connectivity index (χ0n) is 14.1. The van der Waals surface area contributed by atoms with Crippen molar-refractivity contribution >= 4 is 17.9 Å². The molecule has 0 aliphatic rings. The van der Waals surface area contributed by atoms with E-state index in [9.17, 15) is 14.4 Å². The predicted molar refractivity (Wildman–Crippen MR) is 84.6 cm³/mol. The SMILES string of the molecule is C=C(C)C(=O)OC(OC(=O)C(=C)C)OC(=O)C(CCO)=C(CO)CO. The smallest absolute Gasteiger partial charge is 0.396 e. The molecule has 0 heterocycles. The summed E-state index contributed by atoms with van der Waals surface area (Å²) in [5.41, 5.74) is -0.416. The molecule has 0 rings (SSSR count). The number of carbonyl (C=O) groups is 3. The Bertz CT molecular complexity index is 540. The van der Waals surface area contributed by atoms with E-state index < -0.39 is 44.2 Å². The third-order valence-corrected chi connectivity index (χ3v) is 2.72. The van der Waals surface area contributed by atoms with Crippen molar-refractivity contribution in [2.45, 2.75) is 26.7 Å². The summed E-state index contributed by atoms with van der Waals surface area (Å²) in [4.78, 5) is 35.3. The van der Waals surface area contributed by atoms with E-state index in [-0.39, 0.29) is 28.7 Å². The number of hydrogen-bond acceptors (Lipinski definition) is 9. The van der Waals surface area contributed by atoms with Crippen LogP contribution in [0, 0.1) is 0 Å². The Balaban J connectivity index is 5.43. The Morgan fingerprint density at radius 3 is 1.56 bits per heavy atom. The Kier molecular flexibility index (Phi) is 10.0. The zero-order chi connectivity index (χ0) is 19.6. The molecular weight excluding hydrogens is 336 g/mol. The number of aliphatic hydroxyl groups excluding tert-OH is 3. The lowest BCUT2D eigenvalue weighted by Gasteiger charge is -2.19. The van der Waals surface area contributed by atoms with Gasteiger partial charge in [-0.3, -0.25) is 0 Å². The molecule has 0 unspecified atom stereocenters. The van der Waals surface area contributed by atoms with Crippen molar-refractivity contribution in [3.8, 4) is 0 Å². The van der Waals surface area contributed by atoms with Crippen molar-refractivity contribution in [2.75, 3.05) is 19.8 Å². The molecule has 0 saturated carbocycles. The van der Waals surface area contributed by atoms with Crippen molar-refractivity contribution < 1.29 is 43.9 Å². The lowest BCUT2D eigenvalue weighted by atomic mass is 10.1. The van der Waals surface area contributed by atoms with Gasteiger partial charge in [-0.05, 0) is 19.4 Å². The van der Waals surface area contributed by atoms with Gasteiger partial charge in [-0.2, -0.15) is 0 Å². The molecule has 0 aromatic rings. The number of rotatable bonds is 10. The monoisotopic (exact) mass is 358 g/mol. The van der Waals surface area contributed by atoms with Crippen LogP contribution < -0.4 is 0 Å². The van der Waals surface area contributed by atoms with Crippen molar-refractivity contribution in [3.05, 3.63) is 35.5 Å². The van der Waals surface area contributed by atoms with Gasteiger partial charge in [0.05, 0.1) is 13.2 Å². The Morgan fingerprint density at radius 1 is 0.840 bits per heavy atom. The number of carbonyl (C=O) groups excluding carboxylic acids is 3. The number of hydrogen-bond donors (Lipinski definition) is 3. The number of aliphatic hydroxyl groups is 3. The standard InChI is InChI=1S/C16H22O9/c1-9(2)13(20)23-16(24-14(21)10(3)4)25-15(22)12(5-6-17)11(7-18)8-19/h16-19H,1,3,5-8H2,2,4H3. The molecular formula is C16H22O9. The first-order valence-corrected chi connectivity index (χ1v) is 7.15. The van der Waals surface area contributed by atoms with E-state index >= 15 is 0 Å². The molecule has 0 radical (unpaired) electrons. The van der Waals surface area contributed by atoms with E-state index in [1.165, 1.54) is 13.8 Å². The average Bonchev–Trinajstić information content (AvgIpc) is 2.54.